The Kier molecular flexibility index (Phi) is 2.82. The summed E-state index contributed by atoms with van der Waals surface area (Å²) in [6.07, 6.45) is 1.11. The molecule has 94 valence electrons. The molecule has 1 unspecified atom stereocenters. The summed E-state index contributed by atoms with van der Waals surface area (Å²) in [6, 6.07) is 5.99. The second-order valence-electron chi connectivity index (χ2n) is 5.41. The van der Waals surface area contributed by atoms with Crippen LogP contribution >= 0.6 is 0 Å². The van der Waals surface area contributed by atoms with Crippen molar-refractivity contribution in [1.29, 1.82) is 0 Å². The molecule has 0 bridgehead atoms. The predicted octanol–water partition coefficient (Wildman–Crippen LogP) is 2.33. The molecule has 0 spiro atoms. The van der Waals surface area contributed by atoms with Crippen molar-refractivity contribution in [2.75, 3.05) is 20.8 Å². The van der Waals surface area contributed by atoms with Gasteiger partial charge in [0.25, 0.3) is 0 Å². The SMILES string of the molecule is COc1ccc(C2(CN)CC2(C)C)c(OC)c1. The van der Waals surface area contributed by atoms with Crippen LogP contribution in [0, 0.1) is 5.41 Å². The second kappa shape index (κ2) is 3.91. The normalized spacial score (nSPS) is 25.5. The third kappa shape index (κ3) is 1.69. The van der Waals surface area contributed by atoms with Crippen LogP contribution in [-0.4, -0.2) is 20.8 Å². The molecule has 0 amide bonds. The van der Waals surface area contributed by atoms with E-state index in [4.69, 9.17) is 15.2 Å². The molecule has 3 nitrogen and oxygen atoms in total. The lowest BCUT2D eigenvalue weighted by atomic mass is 9.87. The van der Waals surface area contributed by atoms with Gasteiger partial charge in [-0.25, -0.2) is 0 Å². The Morgan fingerprint density at radius 2 is 1.88 bits per heavy atom. The molecule has 0 saturated heterocycles. The van der Waals surface area contributed by atoms with E-state index >= 15 is 0 Å². The molecule has 0 heterocycles. The van der Waals surface area contributed by atoms with Crippen molar-refractivity contribution >= 4 is 0 Å². The van der Waals surface area contributed by atoms with Gasteiger partial charge in [0.1, 0.15) is 11.5 Å². The molecular formula is C14H21NO2. The fraction of sp³-hybridized carbons (Fsp3) is 0.571. The van der Waals surface area contributed by atoms with E-state index in [1.165, 1.54) is 5.56 Å². The number of hydrogen-bond donors (Lipinski definition) is 1. The Bertz CT molecular complexity index is 428. The second-order valence-corrected chi connectivity index (χ2v) is 5.41. The molecule has 1 aromatic carbocycles. The number of benzene rings is 1. The maximum Gasteiger partial charge on any atom is 0.126 e. The van der Waals surface area contributed by atoms with Crippen molar-refractivity contribution < 1.29 is 9.47 Å². The zero-order valence-electron chi connectivity index (χ0n) is 11.0. The molecule has 1 aliphatic rings. The predicted molar refractivity (Wildman–Crippen MR) is 68.7 cm³/mol. The molecule has 0 radical (unpaired) electrons. The number of nitrogens with two attached hydrogens (primary N) is 1. The van der Waals surface area contributed by atoms with Crippen molar-refractivity contribution in [3.05, 3.63) is 23.8 Å². The Hall–Kier alpha value is -1.22. The summed E-state index contributed by atoms with van der Waals surface area (Å²) in [5.74, 6) is 1.69. The minimum atomic E-state index is 0.0601. The van der Waals surface area contributed by atoms with Gasteiger partial charge in [-0.1, -0.05) is 19.9 Å². The fourth-order valence-electron chi connectivity index (χ4n) is 2.82. The summed E-state index contributed by atoms with van der Waals surface area (Å²) in [4.78, 5) is 0. The molecule has 1 fully saturated rings. The summed E-state index contributed by atoms with van der Waals surface area (Å²) in [5, 5.41) is 0. The summed E-state index contributed by atoms with van der Waals surface area (Å²) in [6.45, 7) is 5.16. The van der Waals surface area contributed by atoms with Crippen LogP contribution in [-0.2, 0) is 5.41 Å². The highest BCUT2D eigenvalue weighted by atomic mass is 16.5. The van der Waals surface area contributed by atoms with Gasteiger partial charge in [0.05, 0.1) is 14.2 Å². The van der Waals surface area contributed by atoms with Gasteiger partial charge in [-0.2, -0.15) is 0 Å². The first kappa shape index (κ1) is 12.2. The average Bonchev–Trinajstić information content (AvgIpc) is 2.91. The van der Waals surface area contributed by atoms with Gasteiger partial charge in [0, 0.05) is 23.6 Å². The smallest absolute Gasteiger partial charge is 0.126 e. The first-order valence-corrected chi connectivity index (χ1v) is 5.93. The van der Waals surface area contributed by atoms with E-state index in [2.05, 4.69) is 19.9 Å². The van der Waals surface area contributed by atoms with Gasteiger partial charge >= 0.3 is 0 Å². The zero-order chi connectivity index (χ0) is 12.7. The van der Waals surface area contributed by atoms with E-state index in [-0.39, 0.29) is 10.8 Å². The van der Waals surface area contributed by atoms with E-state index in [1.807, 2.05) is 12.1 Å². The highest BCUT2D eigenvalue weighted by molar-refractivity contribution is 5.50. The maximum absolute atomic E-state index is 5.98. The van der Waals surface area contributed by atoms with Crippen molar-refractivity contribution in [2.24, 2.45) is 11.1 Å². The van der Waals surface area contributed by atoms with E-state index in [1.54, 1.807) is 14.2 Å². The molecule has 1 atom stereocenters. The van der Waals surface area contributed by atoms with Gasteiger partial charge in [-0.05, 0) is 17.9 Å². The number of ether oxygens (including phenoxy) is 2. The average molecular weight is 235 g/mol. The molecule has 3 heteroatoms. The zero-order valence-corrected chi connectivity index (χ0v) is 11.0. The Morgan fingerprint density at radius 3 is 2.29 bits per heavy atom. The van der Waals surface area contributed by atoms with E-state index in [0.29, 0.717) is 6.54 Å². The molecule has 17 heavy (non-hydrogen) atoms. The highest BCUT2D eigenvalue weighted by Crippen LogP contribution is 2.65. The number of methoxy groups -OCH3 is 2. The van der Waals surface area contributed by atoms with E-state index in [0.717, 1.165) is 17.9 Å². The van der Waals surface area contributed by atoms with E-state index < -0.39 is 0 Å². The Balaban J connectivity index is 2.46. The topological polar surface area (TPSA) is 44.5 Å². The number of rotatable bonds is 4. The molecule has 1 aromatic rings. The third-order valence-corrected chi connectivity index (χ3v) is 4.19. The van der Waals surface area contributed by atoms with Gasteiger partial charge in [0.2, 0.25) is 0 Å². The van der Waals surface area contributed by atoms with Crippen LogP contribution in [0.25, 0.3) is 0 Å². The van der Waals surface area contributed by atoms with Crippen molar-refractivity contribution in [2.45, 2.75) is 25.7 Å². The molecule has 2 N–H and O–H groups in total. The Morgan fingerprint density at radius 1 is 1.24 bits per heavy atom. The minimum absolute atomic E-state index is 0.0601. The molecule has 2 rings (SSSR count). The van der Waals surface area contributed by atoms with Crippen LogP contribution in [0.5, 0.6) is 11.5 Å². The molecule has 0 aliphatic heterocycles. The van der Waals surface area contributed by atoms with Crippen molar-refractivity contribution in [3.8, 4) is 11.5 Å². The Labute approximate surface area is 103 Å². The van der Waals surface area contributed by atoms with Crippen LogP contribution in [0.2, 0.25) is 0 Å². The van der Waals surface area contributed by atoms with E-state index in [9.17, 15) is 0 Å². The largest absolute Gasteiger partial charge is 0.497 e. The van der Waals surface area contributed by atoms with Crippen LogP contribution < -0.4 is 15.2 Å². The summed E-state index contributed by atoms with van der Waals surface area (Å²) in [5.41, 5.74) is 7.50. The lowest BCUT2D eigenvalue weighted by molar-refractivity contribution is 0.381. The molecule has 0 aromatic heterocycles. The standard InChI is InChI=1S/C14H21NO2/c1-13(2)8-14(13,9-15)11-6-5-10(16-3)7-12(11)17-4/h5-7H,8-9,15H2,1-4H3. The van der Waals surface area contributed by atoms with Crippen LogP contribution in [0.3, 0.4) is 0 Å². The van der Waals surface area contributed by atoms with Gasteiger partial charge in [-0.15, -0.1) is 0 Å². The lowest BCUT2D eigenvalue weighted by Gasteiger charge is -2.22. The maximum atomic E-state index is 5.98. The van der Waals surface area contributed by atoms with Gasteiger partial charge in [0.15, 0.2) is 0 Å². The number of hydrogen-bond acceptors (Lipinski definition) is 3. The third-order valence-electron chi connectivity index (χ3n) is 4.19. The molecule has 1 aliphatic carbocycles. The minimum Gasteiger partial charge on any atom is -0.497 e. The van der Waals surface area contributed by atoms with Crippen LogP contribution in [0.15, 0.2) is 18.2 Å². The monoisotopic (exact) mass is 235 g/mol. The highest BCUT2D eigenvalue weighted by Gasteiger charge is 2.62. The van der Waals surface area contributed by atoms with Crippen LogP contribution in [0.1, 0.15) is 25.8 Å². The van der Waals surface area contributed by atoms with Crippen LogP contribution in [0.4, 0.5) is 0 Å². The first-order chi connectivity index (χ1) is 8.00. The molecule has 1 saturated carbocycles. The lowest BCUT2D eigenvalue weighted by Crippen LogP contribution is -2.25. The first-order valence-electron chi connectivity index (χ1n) is 5.93. The summed E-state index contributed by atoms with van der Waals surface area (Å²) < 4.78 is 10.7. The van der Waals surface area contributed by atoms with Gasteiger partial charge < -0.3 is 15.2 Å². The van der Waals surface area contributed by atoms with Crippen molar-refractivity contribution in [1.82, 2.24) is 0 Å². The van der Waals surface area contributed by atoms with Crippen molar-refractivity contribution in [3.63, 3.8) is 0 Å². The quantitative estimate of drug-likeness (QED) is 0.871. The fourth-order valence-corrected chi connectivity index (χ4v) is 2.82. The summed E-state index contributed by atoms with van der Waals surface area (Å²) >= 11 is 0. The summed E-state index contributed by atoms with van der Waals surface area (Å²) in [7, 11) is 3.35. The van der Waals surface area contributed by atoms with Gasteiger partial charge in [-0.3, -0.25) is 0 Å². The molecular weight excluding hydrogens is 214 g/mol.